The summed E-state index contributed by atoms with van der Waals surface area (Å²) in [6.45, 7) is 4.72. The van der Waals surface area contributed by atoms with Crippen molar-refractivity contribution >= 4 is 35.5 Å². The fraction of sp³-hybridized carbons (Fsp3) is 0.941. The maximum atomic E-state index is 10.9. The number of rotatable bonds is 14. The number of esters is 1. The van der Waals surface area contributed by atoms with Gasteiger partial charge >= 0.3 is 35.5 Å². The average molecular weight is 294 g/mol. The van der Waals surface area contributed by atoms with Crippen LogP contribution in [-0.2, 0) is 9.53 Å². The number of carbonyl (C=O) groups is 1. The predicted octanol–water partition coefficient (Wildman–Crippen LogP) is 4.99. The van der Waals surface area contributed by atoms with Crippen molar-refractivity contribution in [2.45, 2.75) is 97.3 Å². The molecular formula is C17H35NaO2. The molecule has 0 aromatic carbocycles. The van der Waals surface area contributed by atoms with Gasteiger partial charge in [0.2, 0.25) is 0 Å². The fourth-order valence-electron chi connectivity index (χ4n) is 2.23. The summed E-state index contributed by atoms with van der Waals surface area (Å²) in [4.78, 5) is 10.9. The Morgan fingerprint density at radius 3 is 1.50 bits per heavy atom. The first-order valence-electron chi connectivity index (χ1n) is 8.46. The standard InChI is InChI=1S/C17H34O2.Na.H/c1-3-5-6-7-8-9-10-11-12-13-14-15-16-19-17(18)4-2;;/h3-16H2,1-2H3;;. The van der Waals surface area contributed by atoms with Crippen molar-refractivity contribution < 1.29 is 9.53 Å². The van der Waals surface area contributed by atoms with Gasteiger partial charge in [0.1, 0.15) is 0 Å². The van der Waals surface area contributed by atoms with Crippen molar-refractivity contribution in [3.05, 3.63) is 0 Å². The van der Waals surface area contributed by atoms with Crippen LogP contribution in [0.2, 0.25) is 0 Å². The molecule has 0 saturated carbocycles. The molecule has 0 aromatic rings. The topological polar surface area (TPSA) is 26.3 Å². The van der Waals surface area contributed by atoms with Gasteiger partial charge in [-0.05, 0) is 6.42 Å². The van der Waals surface area contributed by atoms with E-state index in [0.29, 0.717) is 13.0 Å². The zero-order chi connectivity index (χ0) is 14.2. The molecular weight excluding hydrogens is 259 g/mol. The SMILES string of the molecule is CCCCCCCCCCCCCCOC(=O)CC.[NaH]. The van der Waals surface area contributed by atoms with E-state index >= 15 is 0 Å². The van der Waals surface area contributed by atoms with Gasteiger partial charge in [0.05, 0.1) is 6.61 Å². The third-order valence-corrected chi connectivity index (χ3v) is 3.55. The summed E-state index contributed by atoms with van der Waals surface area (Å²) < 4.78 is 5.04. The molecule has 0 N–H and O–H groups in total. The number of hydrogen-bond acceptors (Lipinski definition) is 2. The minimum absolute atomic E-state index is 0. The molecule has 0 aliphatic heterocycles. The first-order valence-corrected chi connectivity index (χ1v) is 8.46. The molecule has 0 aliphatic carbocycles. The van der Waals surface area contributed by atoms with Gasteiger partial charge < -0.3 is 4.74 Å². The van der Waals surface area contributed by atoms with Crippen molar-refractivity contribution in [2.24, 2.45) is 0 Å². The number of unbranched alkanes of at least 4 members (excludes halogenated alkanes) is 11. The van der Waals surface area contributed by atoms with Crippen LogP contribution in [0.25, 0.3) is 0 Å². The van der Waals surface area contributed by atoms with Gasteiger partial charge in [-0.1, -0.05) is 84.5 Å². The summed E-state index contributed by atoms with van der Waals surface area (Å²) in [5.41, 5.74) is 0. The Balaban J connectivity index is 0. The fourth-order valence-corrected chi connectivity index (χ4v) is 2.23. The Kier molecular flexibility index (Phi) is 22.1. The molecule has 116 valence electrons. The van der Waals surface area contributed by atoms with Crippen LogP contribution >= 0.6 is 0 Å². The minimum atomic E-state index is -0.0666. The zero-order valence-corrected chi connectivity index (χ0v) is 13.2. The quantitative estimate of drug-likeness (QED) is 0.256. The number of ether oxygens (including phenoxy) is 1. The van der Waals surface area contributed by atoms with Gasteiger partial charge in [-0.15, -0.1) is 0 Å². The van der Waals surface area contributed by atoms with Crippen LogP contribution in [-0.4, -0.2) is 42.1 Å². The van der Waals surface area contributed by atoms with E-state index in [1.165, 1.54) is 70.6 Å². The third kappa shape index (κ3) is 18.5. The molecule has 0 spiro atoms. The molecule has 2 nitrogen and oxygen atoms in total. The van der Waals surface area contributed by atoms with E-state index in [-0.39, 0.29) is 35.5 Å². The van der Waals surface area contributed by atoms with E-state index < -0.39 is 0 Å². The normalized spacial score (nSPS) is 10.1. The second-order valence-electron chi connectivity index (χ2n) is 5.46. The summed E-state index contributed by atoms with van der Waals surface area (Å²) in [5, 5.41) is 0. The van der Waals surface area contributed by atoms with Crippen LogP contribution in [0, 0.1) is 0 Å². The molecule has 20 heavy (non-hydrogen) atoms. The van der Waals surface area contributed by atoms with Crippen LogP contribution < -0.4 is 0 Å². The Labute approximate surface area is 148 Å². The summed E-state index contributed by atoms with van der Waals surface area (Å²) in [6.07, 6.45) is 16.6. The van der Waals surface area contributed by atoms with Gasteiger partial charge in [0, 0.05) is 6.42 Å². The van der Waals surface area contributed by atoms with Crippen molar-refractivity contribution in [2.75, 3.05) is 6.61 Å². The van der Waals surface area contributed by atoms with E-state index in [1.807, 2.05) is 6.92 Å². The van der Waals surface area contributed by atoms with Gasteiger partial charge in [-0.3, -0.25) is 4.79 Å². The Morgan fingerprint density at radius 2 is 1.10 bits per heavy atom. The average Bonchev–Trinajstić information content (AvgIpc) is 2.43. The molecule has 0 radical (unpaired) electrons. The molecule has 0 saturated heterocycles. The summed E-state index contributed by atoms with van der Waals surface area (Å²) in [5.74, 6) is -0.0666. The molecule has 0 fully saturated rings. The van der Waals surface area contributed by atoms with Crippen LogP contribution in [0.1, 0.15) is 97.3 Å². The molecule has 0 bridgehead atoms. The van der Waals surface area contributed by atoms with E-state index in [9.17, 15) is 4.79 Å². The Morgan fingerprint density at radius 1 is 0.700 bits per heavy atom. The molecule has 0 aliphatic rings. The van der Waals surface area contributed by atoms with Crippen LogP contribution in [0.15, 0.2) is 0 Å². The van der Waals surface area contributed by atoms with E-state index in [1.54, 1.807) is 0 Å². The van der Waals surface area contributed by atoms with Crippen LogP contribution in [0.3, 0.4) is 0 Å². The molecule has 0 aromatic heterocycles. The van der Waals surface area contributed by atoms with Crippen molar-refractivity contribution in [3.8, 4) is 0 Å². The molecule has 0 atom stereocenters. The Bertz CT molecular complexity index is 195. The molecule has 3 heteroatoms. The van der Waals surface area contributed by atoms with E-state index in [4.69, 9.17) is 4.74 Å². The van der Waals surface area contributed by atoms with Gasteiger partial charge in [0.25, 0.3) is 0 Å². The molecule has 0 amide bonds. The van der Waals surface area contributed by atoms with Gasteiger partial charge in [0.15, 0.2) is 0 Å². The van der Waals surface area contributed by atoms with E-state index in [2.05, 4.69) is 6.92 Å². The van der Waals surface area contributed by atoms with Crippen molar-refractivity contribution in [3.63, 3.8) is 0 Å². The van der Waals surface area contributed by atoms with Crippen molar-refractivity contribution in [1.82, 2.24) is 0 Å². The van der Waals surface area contributed by atoms with E-state index in [0.717, 1.165) is 6.42 Å². The van der Waals surface area contributed by atoms with Gasteiger partial charge in [-0.2, -0.15) is 0 Å². The number of carbonyl (C=O) groups excluding carboxylic acids is 1. The summed E-state index contributed by atoms with van der Waals surface area (Å²) in [6, 6.07) is 0. The predicted molar refractivity (Wildman–Crippen MR) is 89.5 cm³/mol. The first-order chi connectivity index (χ1) is 9.31. The molecule has 0 rings (SSSR count). The first kappa shape index (κ1) is 22.7. The zero-order valence-electron chi connectivity index (χ0n) is 13.2. The van der Waals surface area contributed by atoms with Crippen LogP contribution in [0.5, 0.6) is 0 Å². The number of hydrogen-bond donors (Lipinski definition) is 0. The second-order valence-corrected chi connectivity index (χ2v) is 5.46. The summed E-state index contributed by atoms with van der Waals surface area (Å²) >= 11 is 0. The van der Waals surface area contributed by atoms with Gasteiger partial charge in [-0.25, -0.2) is 0 Å². The second kappa shape index (κ2) is 19.5. The maximum absolute atomic E-state index is 10.9. The molecule has 0 unspecified atom stereocenters. The Hall–Kier alpha value is 0.470. The summed E-state index contributed by atoms with van der Waals surface area (Å²) in [7, 11) is 0. The third-order valence-electron chi connectivity index (χ3n) is 3.55. The molecule has 0 heterocycles. The monoisotopic (exact) mass is 294 g/mol. The van der Waals surface area contributed by atoms with Crippen LogP contribution in [0.4, 0.5) is 0 Å². The van der Waals surface area contributed by atoms with Crippen molar-refractivity contribution in [1.29, 1.82) is 0 Å².